The Bertz CT molecular complexity index is 651. The number of hydrogen-bond acceptors (Lipinski definition) is 3. The Morgan fingerprint density at radius 3 is 2.42 bits per heavy atom. The molecule has 2 aromatic carbocycles. The molecule has 0 aliphatic heterocycles. The van der Waals surface area contributed by atoms with Crippen LogP contribution < -0.4 is 0 Å². The lowest BCUT2D eigenvalue weighted by Gasteiger charge is -2.04. The molecule has 0 saturated heterocycles. The fourth-order valence-electron chi connectivity index (χ4n) is 1.67. The number of aromatic hydroxyl groups is 2. The third kappa shape index (κ3) is 3.06. The van der Waals surface area contributed by atoms with Crippen molar-refractivity contribution in [3.05, 3.63) is 52.0 Å². The molecule has 0 fully saturated rings. The summed E-state index contributed by atoms with van der Waals surface area (Å²) in [7, 11) is 0. The predicted molar refractivity (Wildman–Crippen MR) is 78.0 cm³/mol. The van der Waals surface area contributed by atoms with Gasteiger partial charge in [-0.15, -0.1) is 0 Å². The van der Waals surface area contributed by atoms with Crippen LogP contribution in [0.3, 0.4) is 0 Å². The van der Waals surface area contributed by atoms with Crippen LogP contribution in [-0.2, 0) is 0 Å². The van der Waals surface area contributed by atoms with E-state index in [0.717, 1.165) is 11.1 Å². The van der Waals surface area contributed by atoms with E-state index in [4.69, 9.17) is 11.6 Å². The van der Waals surface area contributed by atoms with Crippen LogP contribution >= 0.6 is 11.6 Å². The zero-order valence-corrected chi connectivity index (χ0v) is 11.4. The van der Waals surface area contributed by atoms with Crippen molar-refractivity contribution in [2.24, 2.45) is 4.99 Å². The molecule has 19 heavy (non-hydrogen) atoms. The van der Waals surface area contributed by atoms with E-state index in [2.05, 4.69) is 4.99 Å². The zero-order chi connectivity index (χ0) is 14.0. The molecule has 0 unspecified atom stereocenters. The van der Waals surface area contributed by atoms with Crippen LogP contribution in [0.15, 0.2) is 35.3 Å². The highest BCUT2D eigenvalue weighted by molar-refractivity contribution is 6.30. The molecule has 0 spiro atoms. The molecular formula is C15H14ClNO2. The monoisotopic (exact) mass is 275 g/mol. The number of aryl methyl sites for hydroxylation is 2. The maximum absolute atomic E-state index is 9.84. The van der Waals surface area contributed by atoms with E-state index >= 15 is 0 Å². The van der Waals surface area contributed by atoms with E-state index in [9.17, 15) is 10.2 Å². The van der Waals surface area contributed by atoms with Gasteiger partial charge in [0.05, 0.1) is 0 Å². The second kappa shape index (κ2) is 5.33. The average Bonchev–Trinajstić information content (AvgIpc) is 2.36. The number of halogens is 1. The molecular weight excluding hydrogens is 262 g/mol. The largest absolute Gasteiger partial charge is 0.507 e. The Hall–Kier alpha value is -2.00. The summed E-state index contributed by atoms with van der Waals surface area (Å²) in [5.41, 5.74) is 3.04. The SMILES string of the molecule is Cc1cc(O)c(C=Nc2cc(Cl)ccc2O)cc1C. The highest BCUT2D eigenvalue weighted by Crippen LogP contribution is 2.29. The number of aliphatic imine (C=N–C) groups is 1. The van der Waals surface area contributed by atoms with Gasteiger partial charge in [-0.3, -0.25) is 4.99 Å². The van der Waals surface area contributed by atoms with Gasteiger partial charge >= 0.3 is 0 Å². The lowest BCUT2D eigenvalue weighted by molar-refractivity contribution is 0.473. The molecule has 0 bridgehead atoms. The number of rotatable bonds is 2. The predicted octanol–water partition coefficient (Wildman–Crippen LogP) is 4.12. The summed E-state index contributed by atoms with van der Waals surface area (Å²) < 4.78 is 0. The Balaban J connectivity index is 2.38. The van der Waals surface area contributed by atoms with Crippen LogP contribution in [0.2, 0.25) is 5.02 Å². The van der Waals surface area contributed by atoms with E-state index in [0.29, 0.717) is 16.3 Å². The molecule has 0 aliphatic carbocycles. The number of phenols is 2. The third-order valence-corrected chi connectivity index (χ3v) is 3.16. The maximum Gasteiger partial charge on any atom is 0.141 e. The lowest BCUT2D eigenvalue weighted by Crippen LogP contribution is -1.87. The third-order valence-electron chi connectivity index (χ3n) is 2.92. The Kier molecular flexibility index (Phi) is 3.76. The van der Waals surface area contributed by atoms with E-state index in [1.54, 1.807) is 18.2 Å². The Morgan fingerprint density at radius 1 is 1.00 bits per heavy atom. The number of phenolic OH excluding ortho intramolecular Hbond substituents is 2. The molecule has 0 aliphatic rings. The molecule has 4 heteroatoms. The molecule has 0 amide bonds. The smallest absolute Gasteiger partial charge is 0.141 e. The summed E-state index contributed by atoms with van der Waals surface area (Å²) in [6.45, 7) is 3.89. The molecule has 0 saturated carbocycles. The molecule has 3 nitrogen and oxygen atoms in total. The standard InChI is InChI=1S/C15H14ClNO2/c1-9-5-11(15(19)6-10(9)2)8-17-13-7-12(16)3-4-14(13)18/h3-8,18-19H,1-2H3. The number of nitrogens with zero attached hydrogens (tertiary/aromatic N) is 1. The van der Waals surface area contributed by atoms with Gasteiger partial charge in [0.25, 0.3) is 0 Å². The average molecular weight is 276 g/mol. The maximum atomic E-state index is 9.84. The summed E-state index contributed by atoms with van der Waals surface area (Å²) in [5.74, 6) is 0.206. The van der Waals surface area contributed by atoms with Crippen LogP contribution in [0.5, 0.6) is 11.5 Å². The molecule has 2 aromatic rings. The van der Waals surface area contributed by atoms with Crippen molar-refractivity contribution in [2.75, 3.05) is 0 Å². The van der Waals surface area contributed by atoms with Gasteiger partial charge in [-0.1, -0.05) is 11.6 Å². The van der Waals surface area contributed by atoms with Crippen molar-refractivity contribution < 1.29 is 10.2 Å². The second-order valence-corrected chi connectivity index (χ2v) is 4.82. The molecule has 0 radical (unpaired) electrons. The number of benzene rings is 2. The van der Waals surface area contributed by atoms with E-state index in [-0.39, 0.29) is 11.5 Å². The van der Waals surface area contributed by atoms with Crippen LogP contribution in [0.4, 0.5) is 5.69 Å². The van der Waals surface area contributed by atoms with E-state index in [1.807, 2.05) is 19.9 Å². The normalized spacial score (nSPS) is 11.1. The molecule has 0 heterocycles. The molecule has 98 valence electrons. The minimum Gasteiger partial charge on any atom is -0.507 e. The van der Waals surface area contributed by atoms with Crippen molar-refractivity contribution in [1.82, 2.24) is 0 Å². The fourth-order valence-corrected chi connectivity index (χ4v) is 1.83. The second-order valence-electron chi connectivity index (χ2n) is 4.39. The van der Waals surface area contributed by atoms with Gasteiger partial charge in [-0.05, 0) is 55.3 Å². The lowest BCUT2D eigenvalue weighted by atomic mass is 10.1. The van der Waals surface area contributed by atoms with Crippen LogP contribution in [-0.4, -0.2) is 16.4 Å². The summed E-state index contributed by atoms with van der Waals surface area (Å²) in [6.07, 6.45) is 1.51. The van der Waals surface area contributed by atoms with Gasteiger partial charge in [0.1, 0.15) is 17.2 Å². The van der Waals surface area contributed by atoms with Gasteiger partial charge < -0.3 is 10.2 Å². The highest BCUT2D eigenvalue weighted by Gasteiger charge is 2.03. The van der Waals surface area contributed by atoms with Gasteiger partial charge in [0.2, 0.25) is 0 Å². The summed E-state index contributed by atoms with van der Waals surface area (Å²) in [4.78, 5) is 4.15. The van der Waals surface area contributed by atoms with E-state index < -0.39 is 0 Å². The van der Waals surface area contributed by atoms with Gasteiger partial charge in [-0.2, -0.15) is 0 Å². The van der Waals surface area contributed by atoms with Gasteiger partial charge in [0, 0.05) is 16.8 Å². The first-order valence-corrected chi connectivity index (χ1v) is 6.18. The van der Waals surface area contributed by atoms with E-state index in [1.165, 1.54) is 12.3 Å². The molecule has 2 rings (SSSR count). The first-order chi connectivity index (χ1) is 8.97. The van der Waals surface area contributed by atoms with Crippen molar-refractivity contribution >= 4 is 23.5 Å². The minimum absolute atomic E-state index is 0.0453. The van der Waals surface area contributed by atoms with Crippen molar-refractivity contribution in [2.45, 2.75) is 13.8 Å². The molecule has 2 N–H and O–H groups in total. The summed E-state index contributed by atoms with van der Waals surface area (Å²) in [5, 5.41) is 20.0. The fraction of sp³-hybridized carbons (Fsp3) is 0.133. The van der Waals surface area contributed by atoms with Gasteiger partial charge in [0.15, 0.2) is 0 Å². The molecule has 0 aromatic heterocycles. The first kappa shape index (κ1) is 13.4. The van der Waals surface area contributed by atoms with Crippen molar-refractivity contribution in [3.63, 3.8) is 0 Å². The Labute approximate surface area is 116 Å². The van der Waals surface area contributed by atoms with Crippen LogP contribution in [0.25, 0.3) is 0 Å². The molecule has 0 atom stereocenters. The van der Waals surface area contributed by atoms with Crippen LogP contribution in [0.1, 0.15) is 16.7 Å². The van der Waals surface area contributed by atoms with Gasteiger partial charge in [-0.25, -0.2) is 0 Å². The van der Waals surface area contributed by atoms with Crippen LogP contribution in [0, 0.1) is 13.8 Å². The minimum atomic E-state index is 0.0453. The Morgan fingerprint density at radius 2 is 1.68 bits per heavy atom. The topological polar surface area (TPSA) is 52.8 Å². The first-order valence-electron chi connectivity index (χ1n) is 5.80. The zero-order valence-electron chi connectivity index (χ0n) is 10.7. The van der Waals surface area contributed by atoms with Crippen molar-refractivity contribution in [1.29, 1.82) is 0 Å². The summed E-state index contributed by atoms with van der Waals surface area (Å²) >= 11 is 5.84. The number of hydrogen-bond donors (Lipinski definition) is 2. The summed E-state index contributed by atoms with van der Waals surface area (Å²) in [6, 6.07) is 8.16. The quantitative estimate of drug-likeness (QED) is 0.810. The van der Waals surface area contributed by atoms with Crippen molar-refractivity contribution in [3.8, 4) is 11.5 Å². The highest BCUT2D eigenvalue weighted by atomic mass is 35.5.